The van der Waals surface area contributed by atoms with Crippen molar-refractivity contribution in [2.24, 2.45) is 12.0 Å². The van der Waals surface area contributed by atoms with Gasteiger partial charge in [0.2, 0.25) is 0 Å². The van der Waals surface area contributed by atoms with Crippen molar-refractivity contribution in [1.82, 2.24) is 20.4 Å². The average molecular weight is 331 g/mol. The number of aliphatic imine (C=N–C) groups is 1. The first-order chi connectivity index (χ1) is 11.7. The molecule has 1 aromatic heterocycles. The van der Waals surface area contributed by atoms with Crippen molar-refractivity contribution >= 4 is 5.96 Å². The van der Waals surface area contributed by atoms with Crippen molar-refractivity contribution in [2.75, 3.05) is 27.8 Å². The fourth-order valence-electron chi connectivity index (χ4n) is 2.33. The molecule has 0 radical (unpaired) electrons. The molecule has 0 saturated carbocycles. The van der Waals surface area contributed by atoms with Gasteiger partial charge in [-0.1, -0.05) is 6.07 Å². The molecule has 0 spiro atoms. The number of hydrogen-bond donors (Lipinski definition) is 2. The van der Waals surface area contributed by atoms with Gasteiger partial charge in [-0.05, 0) is 30.2 Å². The van der Waals surface area contributed by atoms with Crippen LogP contribution in [0.2, 0.25) is 0 Å². The van der Waals surface area contributed by atoms with E-state index < -0.39 is 0 Å². The molecule has 0 aliphatic carbocycles. The predicted octanol–water partition coefficient (Wildman–Crippen LogP) is 1.34. The van der Waals surface area contributed by atoms with Crippen molar-refractivity contribution in [3.8, 4) is 11.5 Å². The number of aromatic nitrogens is 2. The normalized spacial score (nSPS) is 11.2. The Morgan fingerprint density at radius 2 is 1.96 bits per heavy atom. The molecule has 1 aromatic carbocycles. The van der Waals surface area contributed by atoms with Crippen LogP contribution in [-0.2, 0) is 20.0 Å². The van der Waals surface area contributed by atoms with Gasteiger partial charge in [-0.15, -0.1) is 0 Å². The monoisotopic (exact) mass is 331 g/mol. The van der Waals surface area contributed by atoms with Gasteiger partial charge in [0.15, 0.2) is 17.5 Å². The van der Waals surface area contributed by atoms with Crippen molar-refractivity contribution in [2.45, 2.75) is 13.0 Å². The first-order valence-corrected chi connectivity index (χ1v) is 7.80. The number of methoxy groups -OCH3 is 2. The van der Waals surface area contributed by atoms with Crippen LogP contribution in [0.4, 0.5) is 0 Å². The zero-order valence-corrected chi connectivity index (χ0v) is 14.7. The van der Waals surface area contributed by atoms with Gasteiger partial charge in [0.25, 0.3) is 0 Å². The number of rotatable bonds is 7. The Hall–Kier alpha value is -2.70. The van der Waals surface area contributed by atoms with E-state index in [9.17, 15) is 0 Å². The van der Waals surface area contributed by atoms with Crippen LogP contribution in [0.5, 0.6) is 11.5 Å². The number of hydrogen-bond acceptors (Lipinski definition) is 4. The van der Waals surface area contributed by atoms with Crippen molar-refractivity contribution in [1.29, 1.82) is 0 Å². The van der Waals surface area contributed by atoms with E-state index in [1.54, 1.807) is 27.5 Å². The molecule has 7 nitrogen and oxygen atoms in total. The topological polar surface area (TPSA) is 72.7 Å². The number of nitrogens with zero attached hydrogens (tertiary/aromatic N) is 3. The van der Waals surface area contributed by atoms with E-state index in [0.29, 0.717) is 6.54 Å². The summed E-state index contributed by atoms with van der Waals surface area (Å²) in [5, 5.41) is 10.7. The lowest BCUT2D eigenvalue weighted by molar-refractivity contribution is 0.354. The Kier molecular flexibility index (Phi) is 6.48. The van der Waals surface area contributed by atoms with E-state index in [4.69, 9.17) is 9.47 Å². The maximum atomic E-state index is 5.33. The van der Waals surface area contributed by atoms with E-state index in [-0.39, 0.29) is 0 Å². The van der Waals surface area contributed by atoms with Gasteiger partial charge >= 0.3 is 0 Å². The van der Waals surface area contributed by atoms with Crippen LogP contribution < -0.4 is 20.1 Å². The number of aryl methyl sites for hydroxylation is 1. The predicted molar refractivity (Wildman–Crippen MR) is 94.7 cm³/mol. The lowest BCUT2D eigenvalue weighted by atomic mass is 10.1. The van der Waals surface area contributed by atoms with Crippen LogP contribution in [0.1, 0.15) is 11.3 Å². The summed E-state index contributed by atoms with van der Waals surface area (Å²) in [5.41, 5.74) is 2.26. The Morgan fingerprint density at radius 3 is 2.58 bits per heavy atom. The third-order valence-electron chi connectivity index (χ3n) is 3.74. The molecular formula is C17H25N5O2. The molecule has 2 rings (SSSR count). The largest absolute Gasteiger partial charge is 0.493 e. The van der Waals surface area contributed by atoms with Gasteiger partial charge in [-0.25, -0.2) is 0 Å². The number of benzene rings is 1. The Morgan fingerprint density at radius 1 is 1.17 bits per heavy atom. The molecule has 0 bridgehead atoms. The molecule has 0 unspecified atom stereocenters. The molecule has 130 valence electrons. The lowest BCUT2D eigenvalue weighted by Gasteiger charge is -2.13. The second-order valence-electron chi connectivity index (χ2n) is 5.24. The van der Waals surface area contributed by atoms with Gasteiger partial charge in [-0.3, -0.25) is 9.67 Å². The number of ether oxygens (including phenoxy) is 2. The quantitative estimate of drug-likeness (QED) is 0.592. The molecular weight excluding hydrogens is 306 g/mol. The smallest absolute Gasteiger partial charge is 0.191 e. The van der Waals surface area contributed by atoms with Gasteiger partial charge in [0.1, 0.15) is 0 Å². The molecule has 2 aromatic rings. The highest BCUT2D eigenvalue weighted by Gasteiger charge is 2.05. The number of guanidine groups is 1. The molecule has 0 atom stereocenters. The summed E-state index contributed by atoms with van der Waals surface area (Å²) < 4.78 is 12.4. The summed E-state index contributed by atoms with van der Waals surface area (Å²) >= 11 is 0. The van der Waals surface area contributed by atoms with E-state index in [0.717, 1.165) is 36.1 Å². The van der Waals surface area contributed by atoms with Crippen LogP contribution in [-0.4, -0.2) is 43.6 Å². The molecule has 0 aliphatic heterocycles. The minimum absolute atomic E-state index is 0.673. The molecule has 0 fully saturated rings. The third-order valence-corrected chi connectivity index (χ3v) is 3.74. The highest BCUT2D eigenvalue weighted by atomic mass is 16.5. The van der Waals surface area contributed by atoms with Crippen molar-refractivity contribution < 1.29 is 9.47 Å². The molecule has 1 heterocycles. The zero-order chi connectivity index (χ0) is 17.4. The lowest BCUT2D eigenvalue weighted by Crippen LogP contribution is -2.38. The summed E-state index contributed by atoms with van der Waals surface area (Å²) in [6.45, 7) is 1.44. The first-order valence-electron chi connectivity index (χ1n) is 7.80. The summed E-state index contributed by atoms with van der Waals surface area (Å²) in [6.07, 6.45) is 2.64. The Bertz CT molecular complexity index is 681. The third kappa shape index (κ3) is 4.65. The minimum atomic E-state index is 0.673. The summed E-state index contributed by atoms with van der Waals surface area (Å²) in [6, 6.07) is 7.93. The summed E-state index contributed by atoms with van der Waals surface area (Å²) in [5.74, 6) is 2.24. The van der Waals surface area contributed by atoms with Crippen LogP contribution in [0.15, 0.2) is 35.5 Å². The van der Waals surface area contributed by atoms with E-state index >= 15 is 0 Å². The van der Waals surface area contributed by atoms with Crippen LogP contribution >= 0.6 is 0 Å². The molecule has 0 saturated heterocycles. The van der Waals surface area contributed by atoms with Crippen LogP contribution in [0.3, 0.4) is 0 Å². The molecule has 0 amide bonds. The molecule has 2 N–H and O–H groups in total. The second-order valence-corrected chi connectivity index (χ2v) is 5.24. The average Bonchev–Trinajstić information content (AvgIpc) is 3.02. The van der Waals surface area contributed by atoms with Gasteiger partial charge < -0.3 is 20.1 Å². The standard InChI is InChI=1S/C17H25N5O2/c1-18-17(20-12-14-8-10-21-22(14)2)19-9-7-13-5-6-15(23-3)16(11-13)24-4/h5-6,8,10-11H,7,9,12H2,1-4H3,(H2,18,19,20). The number of nitrogens with one attached hydrogen (secondary N) is 2. The fourth-order valence-corrected chi connectivity index (χ4v) is 2.33. The van der Waals surface area contributed by atoms with E-state index in [1.807, 2.05) is 36.0 Å². The maximum absolute atomic E-state index is 5.33. The summed E-state index contributed by atoms with van der Waals surface area (Å²) in [4.78, 5) is 4.23. The minimum Gasteiger partial charge on any atom is -0.493 e. The van der Waals surface area contributed by atoms with Crippen molar-refractivity contribution in [3.63, 3.8) is 0 Å². The molecule has 24 heavy (non-hydrogen) atoms. The summed E-state index contributed by atoms with van der Waals surface area (Å²) in [7, 11) is 6.96. The highest BCUT2D eigenvalue weighted by molar-refractivity contribution is 5.79. The fraction of sp³-hybridized carbons (Fsp3) is 0.412. The van der Waals surface area contributed by atoms with E-state index in [2.05, 4.69) is 20.7 Å². The van der Waals surface area contributed by atoms with Crippen LogP contribution in [0, 0.1) is 0 Å². The van der Waals surface area contributed by atoms with Gasteiger partial charge in [0, 0.05) is 26.8 Å². The van der Waals surface area contributed by atoms with Crippen LogP contribution in [0.25, 0.3) is 0 Å². The van der Waals surface area contributed by atoms with Gasteiger partial charge in [-0.2, -0.15) is 5.10 Å². The first kappa shape index (κ1) is 17.7. The zero-order valence-electron chi connectivity index (χ0n) is 14.7. The van der Waals surface area contributed by atoms with E-state index in [1.165, 1.54) is 5.56 Å². The SMILES string of the molecule is CN=C(NCCc1ccc(OC)c(OC)c1)NCc1ccnn1C. The Balaban J connectivity index is 1.82. The maximum Gasteiger partial charge on any atom is 0.191 e. The van der Waals surface area contributed by atoms with Gasteiger partial charge in [0.05, 0.1) is 26.5 Å². The molecule has 0 aliphatic rings. The van der Waals surface area contributed by atoms with Crippen molar-refractivity contribution in [3.05, 3.63) is 41.7 Å². The Labute approximate surface area is 142 Å². The molecule has 7 heteroatoms. The second kappa shape index (κ2) is 8.81. The highest BCUT2D eigenvalue weighted by Crippen LogP contribution is 2.27.